The third kappa shape index (κ3) is 2.76. The molecule has 3 amide bonds. The maximum absolute atomic E-state index is 13.4. The van der Waals surface area contributed by atoms with Crippen molar-refractivity contribution in [1.29, 1.82) is 0 Å². The lowest BCUT2D eigenvalue weighted by Gasteiger charge is -2.29. The number of hydrogen-bond donors (Lipinski definition) is 1. The smallest absolute Gasteiger partial charge is 0.328 e. The average molecular weight is 425 g/mol. The van der Waals surface area contributed by atoms with Gasteiger partial charge in [-0.3, -0.25) is 9.69 Å². The van der Waals surface area contributed by atoms with Crippen LogP contribution >= 0.6 is 22.9 Å². The molecule has 4 rings (SSSR count). The molecule has 0 unspecified atom stereocenters. The third-order valence-corrected chi connectivity index (χ3v) is 6.32. The van der Waals surface area contributed by atoms with Crippen LogP contribution in [0.2, 0.25) is 5.02 Å². The SMILES string of the molecule is CC(C)(C)N1C(=O)N(Cc2nnc(-c3ccc(F)c(O)c3Cl)s2)C2(CC2)C1=O. The van der Waals surface area contributed by atoms with Crippen LogP contribution in [0.4, 0.5) is 9.18 Å². The Morgan fingerprint density at radius 3 is 2.57 bits per heavy atom. The minimum Gasteiger partial charge on any atom is -0.504 e. The van der Waals surface area contributed by atoms with Gasteiger partial charge in [0.15, 0.2) is 11.6 Å². The van der Waals surface area contributed by atoms with Crippen LogP contribution in [0, 0.1) is 5.82 Å². The molecule has 1 aromatic carbocycles. The number of aromatic nitrogens is 2. The number of amides is 3. The van der Waals surface area contributed by atoms with Crippen molar-refractivity contribution < 1.29 is 19.1 Å². The molecule has 10 heteroatoms. The van der Waals surface area contributed by atoms with E-state index < -0.39 is 22.6 Å². The van der Waals surface area contributed by atoms with Crippen molar-refractivity contribution in [1.82, 2.24) is 20.0 Å². The summed E-state index contributed by atoms with van der Waals surface area (Å²) >= 11 is 7.19. The third-order valence-electron chi connectivity index (χ3n) is 4.99. The topological polar surface area (TPSA) is 86.6 Å². The lowest BCUT2D eigenvalue weighted by molar-refractivity contribution is -0.132. The number of phenolic OH excluding ortho intramolecular Hbond substituents is 1. The van der Waals surface area contributed by atoms with Crippen LogP contribution in [-0.2, 0) is 11.3 Å². The Morgan fingerprint density at radius 2 is 1.96 bits per heavy atom. The highest BCUT2D eigenvalue weighted by Crippen LogP contribution is 2.50. The van der Waals surface area contributed by atoms with E-state index in [4.69, 9.17) is 11.6 Å². The number of phenols is 1. The molecule has 0 radical (unpaired) electrons. The second kappa shape index (κ2) is 6.12. The fraction of sp³-hybridized carbons (Fsp3) is 0.444. The Morgan fingerprint density at radius 1 is 1.29 bits per heavy atom. The molecule has 148 valence electrons. The van der Waals surface area contributed by atoms with Crippen molar-refractivity contribution in [2.24, 2.45) is 0 Å². The first-order valence-corrected chi connectivity index (χ1v) is 9.92. The summed E-state index contributed by atoms with van der Waals surface area (Å²) in [5.74, 6) is -1.63. The van der Waals surface area contributed by atoms with Crippen LogP contribution < -0.4 is 0 Å². The number of imide groups is 1. The zero-order valence-electron chi connectivity index (χ0n) is 15.5. The lowest BCUT2D eigenvalue weighted by atomic mass is 10.1. The van der Waals surface area contributed by atoms with Crippen molar-refractivity contribution >= 4 is 34.9 Å². The van der Waals surface area contributed by atoms with Gasteiger partial charge in [0.1, 0.15) is 15.6 Å². The van der Waals surface area contributed by atoms with E-state index in [0.717, 1.165) is 6.07 Å². The van der Waals surface area contributed by atoms with Gasteiger partial charge in [-0.1, -0.05) is 22.9 Å². The fourth-order valence-electron chi connectivity index (χ4n) is 3.39. The molecule has 1 N–H and O–H groups in total. The molecule has 1 aliphatic heterocycles. The fourth-order valence-corrected chi connectivity index (χ4v) is 4.55. The number of halogens is 2. The zero-order chi connectivity index (χ0) is 20.4. The van der Waals surface area contributed by atoms with Gasteiger partial charge in [-0.15, -0.1) is 10.2 Å². The highest BCUT2D eigenvalue weighted by Gasteiger charge is 2.66. The van der Waals surface area contributed by atoms with E-state index in [1.54, 1.807) is 4.90 Å². The highest BCUT2D eigenvalue weighted by molar-refractivity contribution is 7.14. The van der Waals surface area contributed by atoms with Gasteiger partial charge in [-0.25, -0.2) is 9.18 Å². The molecule has 2 fully saturated rings. The molecule has 0 bridgehead atoms. The predicted molar refractivity (Wildman–Crippen MR) is 101 cm³/mol. The minimum absolute atomic E-state index is 0.146. The standard InChI is InChI=1S/C18H18ClFN4O3S/c1-17(2,3)24-15(26)18(6-7-18)23(16(24)27)8-11-21-22-14(28-11)9-4-5-10(20)13(25)12(9)19/h4-5,25H,6-8H2,1-3H3. The van der Waals surface area contributed by atoms with Gasteiger partial charge in [-0.2, -0.15) is 0 Å². The Labute approximate surface area is 169 Å². The number of rotatable bonds is 3. The first-order chi connectivity index (χ1) is 13.1. The maximum atomic E-state index is 13.4. The highest BCUT2D eigenvalue weighted by atomic mass is 35.5. The summed E-state index contributed by atoms with van der Waals surface area (Å²) in [4.78, 5) is 28.6. The molecule has 2 aromatic rings. The van der Waals surface area contributed by atoms with Gasteiger partial charge in [-0.05, 0) is 45.7 Å². The van der Waals surface area contributed by atoms with Crippen molar-refractivity contribution in [3.05, 3.63) is 28.0 Å². The van der Waals surface area contributed by atoms with Gasteiger partial charge in [0, 0.05) is 11.1 Å². The van der Waals surface area contributed by atoms with Crippen LogP contribution in [0.1, 0.15) is 38.6 Å². The predicted octanol–water partition coefficient (Wildman–Crippen LogP) is 3.80. The summed E-state index contributed by atoms with van der Waals surface area (Å²) in [6.45, 7) is 5.64. The lowest BCUT2D eigenvalue weighted by Crippen LogP contribution is -2.46. The van der Waals surface area contributed by atoms with Crippen LogP contribution in [0.5, 0.6) is 5.75 Å². The Kier molecular flexibility index (Phi) is 4.17. The second-order valence-electron chi connectivity index (χ2n) is 7.97. The Balaban J connectivity index is 1.62. The first-order valence-electron chi connectivity index (χ1n) is 8.72. The molecule has 7 nitrogen and oxygen atoms in total. The summed E-state index contributed by atoms with van der Waals surface area (Å²) in [5, 5.41) is 18.6. The zero-order valence-corrected chi connectivity index (χ0v) is 17.1. The second-order valence-corrected chi connectivity index (χ2v) is 9.41. The van der Waals surface area contributed by atoms with E-state index in [9.17, 15) is 19.1 Å². The average Bonchev–Trinajstić information content (AvgIpc) is 3.23. The van der Waals surface area contributed by atoms with Crippen LogP contribution in [-0.4, -0.2) is 48.1 Å². The number of carbonyl (C=O) groups is 2. The van der Waals surface area contributed by atoms with Gasteiger partial charge in [0.2, 0.25) is 0 Å². The number of benzene rings is 1. The molecule has 1 aliphatic carbocycles. The van der Waals surface area contributed by atoms with Crippen molar-refractivity contribution in [2.45, 2.75) is 51.2 Å². The van der Waals surface area contributed by atoms with E-state index in [1.807, 2.05) is 20.8 Å². The minimum atomic E-state index is -0.822. The molecule has 2 heterocycles. The first kappa shape index (κ1) is 19.1. The normalized spacial score (nSPS) is 18.5. The van der Waals surface area contributed by atoms with E-state index >= 15 is 0 Å². The molecule has 1 spiro atoms. The van der Waals surface area contributed by atoms with Crippen molar-refractivity contribution in [3.63, 3.8) is 0 Å². The molecule has 28 heavy (non-hydrogen) atoms. The van der Waals surface area contributed by atoms with E-state index in [0.29, 0.717) is 28.4 Å². The van der Waals surface area contributed by atoms with Crippen molar-refractivity contribution in [3.8, 4) is 16.3 Å². The summed E-state index contributed by atoms with van der Waals surface area (Å²) < 4.78 is 13.4. The summed E-state index contributed by atoms with van der Waals surface area (Å²) in [7, 11) is 0. The van der Waals surface area contributed by atoms with E-state index in [-0.39, 0.29) is 23.5 Å². The molecule has 1 saturated carbocycles. The number of urea groups is 1. The van der Waals surface area contributed by atoms with Gasteiger partial charge in [0.05, 0.1) is 11.6 Å². The molecule has 2 aliphatic rings. The molecule has 0 atom stereocenters. The summed E-state index contributed by atoms with van der Waals surface area (Å²) in [5.41, 5.74) is -1.03. The van der Waals surface area contributed by atoms with Crippen LogP contribution in [0.3, 0.4) is 0 Å². The quantitative estimate of drug-likeness (QED) is 0.757. The van der Waals surface area contributed by atoms with E-state index in [1.165, 1.54) is 22.3 Å². The largest absolute Gasteiger partial charge is 0.504 e. The van der Waals surface area contributed by atoms with Crippen molar-refractivity contribution in [2.75, 3.05) is 0 Å². The van der Waals surface area contributed by atoms with Crippen LogP contribution in [0.25, 0.3) is 10.6 Å². The molecule has 1 saturated heterocycles. The Hall–Kier alpha value is -2.26. The van der Waals surface area contributed by atoms with Gasteiger partial charge < -0.3 is 10.0 Å². The molecular weight excluding hydrogens is 407 g/mol. The molecule has 1 aromatic heterocycles. The summed E-state index contributed by atoms with van der Waals surface area (Å²) in [6.07, 6.45) is 1.26. The number of carbonyl (C=O) groups excluding carboxylic acids is 2. The van der Waals surface area contributed by atoms with Gasteiger partial charge in [0.25, 0.3) is 5.91 Å². The number of aromatic hydroxyl groups is 1. The maximum Gasteiger partial charge on any atom is 0.328 e. The molecular formula is C18H18ClFN4O3S. The Bertz CT molecular complexity index is 999. The van der Waals surface area contributed by atoms with E-state index in [2.05, 4.69) is 10.2 Å². The van der Waals surface area contributed by atoms with Crippen LogP contribution in [0.15, 0.2) is 12.1 Å². The number of hydrogen-bond acceptors (Lipinski definition) is 6. The van der Waals surface area contributed by atoms with Gasteiger partial charge >= 0.3 is 6.03 Å². The summed E-state index contributed by atoms with van der Waals surface area (Å²) in [6, 6.07) is 2.18. The monoisotopic (exact) mass is 424 g/mol. The number of nitrogens with zero attached hydrogens (tertiary/aromatic N) is 4.